The van der Waals surface area contributed by atoms with Gasteiger partial charge in [0.05, 0.1) is 7.11 Å². The molecule has 0 saturated carbocycles. The Morgan fingerprint density at radius 1 is 1.47 bits per heavy atom. The summed E-state index contributed by atoms with van der Waals surface area (Å²) in [6.45, 7) is 0.784. The summed E-state index contributed by atoms with van der Waals surface area (Å²) >= 11 is 0. The minimum Gasteiger partial charge on any atom is -0.497 e. The van der Waals surface area contributed by atoms with E-state index in [0.29, 0.717) is 19.5 Å². The molecule has 0 bridgehead atoms. The smallest absolute Gasteiger partial charge is 0.253 e. The molecular formula is C13H17F2NO. The molecule has 1 aliphatic rings. The molecule has 1 aromatic rings. The van der Waals surface area contributed by atoms with E-state index < -0.39 is 11.8 Å². The summed E-state index contributed by atoms with van der Waals surface area (Å²) in [5, 5.41) is 3.03. The number of piperidine rings is 1. The van der Waals surface area contributed by atoms with Gasteiger partial charge in [-0.2, -0.15) is 0 Å². The minimum absolute atomic E-state index is 0.0678. The number of rotatable bonds is 3. The van der Waals surface area contributed by atoms with Crippen LogP contribution in [0.2, 0.25) is 0 Å². The molecule has 1 unspecified atom stereocenters. The number of alkyl halides is 2. The molecule has 1 aromatic carbocycles. The molecule has 17 heavy (non-hydrogen) atoms. The van der Waals surface area contributed by atoms with Gasteiger partial charge in [0.1, 0.15) is 5.75 Å². The van der Waals surface area contributed by atoms with Crippen LogP contribution < -0.4 is 10.1 Å². The van der Waals surface area contributed by atoms with Gasteiger partial charge in [-0.15, -0.1) is 0 Å². The lowest BCUT2D eigenvalue weighted by Gasteiger charge is -2.32. The van der Waals surface area contributed by atoms with Crippen LogP contribution in [0.25, 0.3) is 0 Å². The van der Waals surface area contributed by atoms with E-state index in [9.17, 15) is 8.78 Å². The van der Waals surface area contributed by atoms with Gasteiger partial charge in [0, 0.05) is 25.4 Å². The van der Waals surface area contributed by atoms with Crippen molar-refractivity contribution in [3.8, 4) is 5.75 Å². The van der Waals surface area contributed by atoms with Crippen LogP contribution in [0.5, 0.6) is 5.75 Å². The van der Waals surface area contributed by atoms with Gasteiger partial charge in [0.25, 0.3) is 5.92 Å². The Balaban J connectivity index is 2.08. The zero-order valence-corrected chi connectivity index (χ0v) is 9.88. The normalized spacial score (nSPS) is 23.4. The van der Waals surface area contributed by atoms with Crippen LogP contribution in [0, 0.1) is 5.92 Å². The first kappa shape index (κ1) is 12.3. The Labute approximate surface area is 100.0 Å². The predicted molar refractivity (Wildman–Crippen MR) is 62.6 cm³/mol. The fourth-order valence-electron chi connectivity index (χ4n) is 2.19. The van der Waals surface area contributed by atoms with E-state index in [1.54, 1.807) is 7.11 Å². The summed E-state index contributed by atoms with van der Waals surface area (Å²) in [7, 11) is 1.58. The zero-order chi connectivity index (χ0) is 12.3. The highest BCUT2D eigenvalue weighted by Gasteiger charge is 2.41. The zero-order valence-electron chi connectivity index (χ0n) is 9.88. The quantitative estimate of drug-likeness (QED) is 0.877. The lowest BCUT2D eigenvalue weighted by atomic mass is 9.89. The molecule has 2 nitrogen and oxygen atoms in total. The summed E-state index contributed by atoms with van der Waals surface area (Å²) in [5.74, 6) is -2.47. The summed E-state index contributed by atoms with van der Waals surface area (Å²) in [6.07, 6.45) is 0.318. The second-order valence-electron chi connectivity index (χ2n) is 4.47. The van der Waals surface area contributed by atoms with E-state index in [0.717, 1.165) is 11.3 Å². The van der Waals surface area contributed by atoms with Gasteiger partial charge in [-0.1, -0.05) is 12.1 Å². The van der Waals surface area contributed by atoms with Crippen molar-refractivity contribution >= 4 is 0 Å². The monoisotopic (exact) mass is 241 g/mol. The summed E-state index contributed by atoms with van der Waals surface area (Å²) in [6, 6.07) is 7.35. The molecule has 0 aromatic heterocycles. The van der Waals surface area contributed by atoms with E-state index in [1.165, 1.54) is 0 Å². The van der Waals surface area contributed by atoms with Gasteiger partial charge < -0.3 is 10.1 Å². The second-order valence-corrected chi connectivity index (χ2v) is 4.47. The van der Waals surface area contributed by atoms with Crippen molar-refractivity contribution in [1.29, 1.82) is 0 Å². The van der Waals surface area contributed by atoms with Gasteiger partial charge in [-0.05, 0) is 24.1 Å². The number of methoxy groups -OCH3 is 1. The third-order valence-corrected chi connectivity index (χ3v) is 3.24. The number of ether oxygens (including phenoxy) is 1. The van der Waals surface area contributed by atoms with E-state index in [2.05, 4.69) is 5.32 Å². The van der Waals surface area contributed by atoms with Gasteiger partial charge in [-0.25, -0.2) is 8.78 Å². The van der Waals surface area contributed by atoms with Crippen LogP contribution in [0.4, 0.5) is 8.78 Å². The van der Waals surface area contributed by atoms with Gasteiger partial charge in [-0.3, -0.25) is 0 Å². The highest BCUT2D eigenvalue weighted by Crippen LogP contribution is 2.33. The first-order chi connectivity index (χ1) is 8.12. The molecule has 4 heteroatoms. The van der Waals surface area contributed by atoms with Crippen LogP contribution in [0.15, 0.2) is 24.3 Å². The largest absolute Gasteiger partial charge is 0.497 e. The van der Waals surface area contributed by atoms with Crippen LogP contribution in [0.3, 0.4) is 0 Å². The molecule has 1 N–H and O–H groups in total. The molecule has 2 rings (SSSR count). The molecule has 0 amide bonds. The molecule has 1 atom stereocenters. The van der Waals surface area contributed by atoms with Gasteiger partial charge in [0.2, 0.25) is 0 Å². The molecular weight excluding hydrogens is 224 g/mol. The van der Waals surface area contributed by atoms with E-state index >= 15 is 0 Å². The number of hydrogen-bond donors (Lipinski definition) is 1. The summed E-state index contributed by atoms with van der Waals surface area (Å²) < 4.78 is 32.4. The Morgan fingerprint density at radius 3 is 3.00 bits per heavy atom. The van der Waals surface area contributed by atoms with Crippen molar-refractivity contribution in [3.63, 3.8) is 0 Å². The lowest BCUT2D eigenvalue weighted by Crippen LogP contribution is -2.45. The van der Waals surface area contributed by atoms with Crippen molar-refractivity contribution in [3.05, 3.63) is 29.8 Å². The van der Waals surface area contributed by atoms with E-state index in [4.69, 9.17) is 4.74 Å². The molecule has 0 aliphatic carbocycles. The third kappa shape index (κ3) is 2.94. The van der Waals surface area contributed by atoms with Crippen LogP contribution in [-0.2, 0) is 6.42 Å². The Hall–Kier alpha value is -1.16. The van der Waals surface area contributed by atoms with Gasteiger partial charge in [0.15, 0.2) is 0 Å². The number of nitrogens with one attached hydrogen (secondary N) is 1. The topological polar surface area (TPSA) is 21.3 Å². The molecule has 0 spiro atoms. The number of benzene rings is 1. The van der Waals surface area contributed by atoms with E-state index in [1.807, 2.05) is 24.3 Å². The summed E-state index contributed by atoms with van der Waals surface area (Å²) in [5.41, 5.74) is 0.901. The molecule has 1 saturated heterocycles. The van der Waals surface area contributed by atoms with Crippen molar-refractivity contribution in [2.24, 2.45) is 5.92 Å². The number of halogens is 2. The second kappa shape index (κ2) is 5.00. The molecule has 0 radical (unpaired) electrons. The maximum absolute atomic E-state index is 13.7. The lowest BCUT2D eigenvalue weighted by molar-refractivity contribution is -0.0776. The first-order valence-corrected chi connectivity index (χ1v) is 5.83. The number of hydrogen-bond acceptors (Lipinski definition) is 2. The van der Waals surface area contributed by atoms with Crippen LogP contribution >= 0.6 is 0 Å². The Kier molecular flexibility index (Phi) is 3.62. The van der Waals surface area contributed by atoms with E-state index in [-0.39, 0.29) is 6.42 Å². The molecule has 1 aliphatic heterocycles. The van der Waals surface area contributed by atoms with Crippen LogP contribution in [0.1, 0.15) is 12.0 Å². The van der Waals surface area contributed by atoms with Gasteiger partial charge >= 0.3 is 0 Å². The van der Waals surface area contributed by atoms with Crippen molar-refractivity contribution in [2.45, 2.75) is 18.8 Å². The van der Waals surface area contributed by atoms with Crippen LogP contribution in [-0.4, -0.2) is 26.1 Å². The van der Waals surface area contributed by atoms with Crippen molar-refractivity contribution in [2.75, 3.05) is 20.2 Å². The Morgan fingerprint density at radius 2 is 2.29 bits per heavy atom. The SMILES string of the molecule is COc1cccc(CC2CNCCC2(F)F)c1. The fourth-order valence-corrected chi connectivity index (χ4v) is 2.19. The molecule has 1 fully saturated rings. The fraction of sp³-hybridized carbons (Fsp3) is 0.538. The standard InChI is InChI=1S/C13H17F2NO/c1-17-12-4-2-3-10(8-12)7-11-9-16-6-5-13(11,14)15/h2-4,8,11,16H,5-7,9H2,1H3. The minimum atomic E-state index is -2.56. The third-order valence-electron chi connectivity index (χ3n) is 3.24. The highest BCUT2D eigenvalue weighted by molar-refractivity contribution is 5.29. The average Bonchev–Trinajstić information content (AvgIpc) is 2.32. The molecule has 1 heterocycles. The maximum Gasteiger partial charge on any atom is 0.253 e. The maximum atomic E-state index is 13.7. The van der Waals surface area contributed by atoms with Crippen molar-refractivity contribution in [1.82, 2.24) is 5.32 Å². The Bertz CT molecular complexity index is 381. The highest BCUT2D eigenvalue weighted by atomic mass is 19.3. The summed E-state index contributed by atoms with van der Waals surface area (Å²) in [4.78, 5) is 0. The predicted octanol–water partition coefficient (Wildman–Crippen LogP) is 2.48. The average molecular weight is 241 g/mol. The van der Waals surface area contributed by atoms with Crippen molar-refractivity contribution < 1.29 is 13.5 Å². The first-order valence-electron chi connectivity index (χ1n) is 5.83. The molecule has 94 valence electrons.